The highest BCUT2D eigenvalue weighted by Gasteiger charge is 2.26. The summed E-state index contributed by atoms with van der Waals surface area (Å²) in [6.07, 6.45) is 4.29. The average molecular weight is 172 g/mol. The van der Waals surface area contributed by atoms with Gasteiger partial charge in [0.2, 0.25) is 0 Å². The van der Waals surface area contributed by atoms with Crippen molar-refractivity contribution in [3.63, 3.8) is 0 Å². The normalized spacial score (nSPS) is 23.6. The molecule has 2 atom stereocenters. The van der Waals surface area contributed by atoms with Crippen LogP contribution in [0.15, 0.2) is 12.7 Å². The van der Waals surface area contributed by atoms with Gasteiger partial charge in [0.05, 0.1) is 18.8 Å². The minimum atomic E-state index is 0.204. The number of epoxide rings is 1. The molecule has 0 saturated carbocycles. The third-order valence-electron chi connectivity index (χ3n) is 1.78. The van der Waals surface area contributed by atoms with Crippen LogP contribution in [0.4, 0.5) is 0 Å². The lowest BCUT2D eigenvalue weighted by molar-refractivity contribution is -0.0743. The van der Waals surface area contributed by atoms with Gasteiger partial charge in [-0.15, -0.1) is 6.58 Å². The summed E-state index contributed by atoms with van der Waals surface area (Å²) in [4.78, 5) is 0. The van der Waals surface area contributed by atoms with Gasteiger partial charge >= 0.3 is 0 Å². The second-order valence-corrected chi connectivity index (χ2v) is 2.91. The molecule has 1 fully saturated rings. The molecule has 1 rings (SSSR count). The van der Waals surface area contributed by atoms with Crippen LogP contribution in [0.2, 0.25) is 0 Å². The minimum Gasteiger partial charge on any atom is -0.373 e. The Morgan fingerprint density at radius 1 is 1.75 bits per heavy atom. The maximum absolute atomic E-state index is 5.41. The molecule has 3 nitrogen and oxygen atoms in total. The van der Waals surface area contributed by atoms with E-state index in [1.807, 2.05) is 6.08 Å². The highest BCUT2D eigenvalue weighted by atomic mass is 16.7. The Bertz CT molecular complexity index is 132. The number of hydrogen-bond donors (Lipinski definition) is 0. The van der Waals surface area contributed by atoms with E-state index in [0.29, 0.717) is 12.9 Å². The lowest BCUT2D eigenvalue weighted by Crippen LogP contribution is -2.16. The SMILES string of the molecule is C=CC[C@@H](C[C@H]1CO1)OCOC. The predicted molar refractivity (Wildman–Crippen MR) is 45.9 cm³/mol. The van der Waals surface area contributed by atoms with Crippen LogP contribution in [0.25, 0.3) is 0 Å². The molecule has 0 aromatic heterocycles. The standard InChI is InChI=1S/C9H16O3/c1-3-4-8(12-7-10-2)5-9-6-11-9/h3,8-9H,1,4-7H2,2H3/t8-,9-/m0/s1. The highest BCUT2D eigenvalue weighted by Crippen LogP contribution is 2.19. The fourth-order valence-electron chi connectivity index (χ4n) is 1.08. The molecule has 0 bridgehead atoms. The van der Waals surface area contributed by atoms with E-state index in [1.165, 1.54) is 0 Å². The first-order valence-electron chi connectivity index (χ1n) is 4.20. The van der Waals surface area contributed by atoms with E-state index in [1.54, 1.807) is 7.11 Å². The van der Waals surface area contributed by atoms with Crippen LogP contribution in [-0.2, 0) is 14.2 Å². The summed E-state index contributed by atoms with van der Waals surface area (Å²) in [6, 6.07) is 0. The lowest BCUT2D eigenvalue weighted by Gasteiger charge is -2.13. The number of hydrogen-bond acceptors (Lipinski definition) is 3. The van der Waals surface area contributed by atoms with Crippen molar-refractivity contribution in [1.82, 2.24) is 0 Å². The first-order valence-corrected chi connectivity index (χ1v) is 4.20. The van der Waals surface area contributed by atoms with Crippen LogP contribution in [0.3, 0.4) is 0 Å². The molecular weight excluding hydrogens is 156 g/mol. The quantitative estimate of drug-likeness (QED) is 0.330. The van der Waals surface area contributed by atoms with Gasteiger partial charge in [0.1, 0.15) is 6.79 Å². The molecule has 1 aliphatic heterocycles. The summed E-state index contributed by atoms with van der Waals surface area (Å²) in [5, 5.41) is 0. The predicted octanol–water partition coefficient (Wildman–Crippen LogP) is 1.34. The maximum atomic E-state index is 5.41. The third kappa shape index (κ3) is 3.85. The van der Waals surface area contributed by atoms with E-state index in [0.717, 1.165) is 19.4 Å². The Balaban J connectivity index is 2.11. The zero-order chi connectivity index (χ0) is 8.81. The molecule has 12 heavy (non-hydrogen) atoms. The Morgan fingerprint density at radius 3 is 3.00 bits per heavy atom. The summed E-state index contributed by atoms with van der Waals surface area (Å²) in [5.74, 6) is 0. The van der Waals surface area contributed by atoms with Crippen LogP contribution in [0, 0.1) is 0 Å². The molecule has 0 aromatic carbocycles. The van der Waals surface area contributed by atoms with Gasteiger partial charge in [0, 0.05) is 13.5 Å². The fraction of sp³-hybridized carbons (Fsp3) is 0.778. The van der Waals surface area contributed by atoms with Crippen molar-refractivity contribution >= 4 is 0 Å². The summed E-state index contributed by atoms with van der Waals surface area (Å²) in [7, 11) is 1.62. The van der Waals surface area contributed by atoms with E-state index >= 15 is 0 Å². The van der Waals surface area contributed by atoms with Gasteiger partial charge in [-0.25, -0.2) is 0 Å². The zero-order valence-electron chi connectivity index (χ0n) is 7.49. The van der Waals surface area contributed by atoms with Crippen molar-refractivity contribution in [2.45, 2.75) is 25.0 Å². The van der Waals surface area contributed by atoms with Gasteiger partial charge in [0.15, 0.2) is 0 Å². The number of rotatable bonds is 7. The highest BCUT2D eigenvalue weighted by molar-refractivity contribution is 4.80. The van der Waals surface area contributed by atoms with E-state index in [2.05, 4.69) is 6.58 Å². The average Bonchev–Trinajstić information content (AvgIpc) is 2.84. The van der Waals surface area contributed by atoms with Gasteiger partial charge in [-0.1, -0.05) is 6.08 Å². The Morgan fingerprint density at radius 2 is 2.50 bits per heavy atom. The molecule has 0 aliphatic carbocycles. The van der Waals surface area contributed by atoms with Gasteiger partial charge in [-0.2, -0.15) is 0 Å². The smallest absolute Gasteiger partial charge is 0.146 e. The van der Waals surface area contributed by atoms with Crippen LogP contribution < -0.4 is 0 Å². The van der Waals surface area contributed by atoms with Crippen LogP contribution >= 0.6 is 0 Å². The van der Waals surface area contributed by atoms with E-state index in [4.69, 9.17) is 14.2 Å². The van der Waals surface area contributed by atoms with E-state index < -0.39 is 0 Å². The van der Waals surface area contributed by atoms with Gasteiger partial charge in [-0.3, -0.25) is 0 Å². The lowest BCUT2D eigenvalue weighted by atomic mass is 10.1. The summed E-state index contributed by atoms with van der Waals surface area (Å²) in [6.45, 7) is 4.91. The van der Waals surface area contributed by atoms with Crippen molar-refractivity contribution in [2.75, 3.05) is 20.5 Å². The van der Waals surface area contributed by atoms with Crippen molar-refractivity contribution < 1.29 is 14.2 Å². The molecule has 70 valence electrons. The molecule has 1 aliphatic rings. The Labute approximate surface area is 73.3 Å². The molecule has 3 heteroatoms. The second-order valence-electron chi connectivity index (χ2n) is 2.91. The molecule has 1 saturated heterocycles. The molecule has 0 aromatic rings. The van der Waals surface area contributed by atoms with Crippen LogP contribution in [-0.4, -0.2) is 32.7 Å². The Kier molecular flexibility index (Phi) is 4.29. The largest absolute Gasteiger partial charge is 0.373 e. The Hall–Kier alpha value is -0.380. The fourth-order valence-corrected chi connectivity index (χ4v) is 1.08. The van der Waals surface area contributed by atoms with Crippen molar-refractivity contribution in [2.24, 2.45) is 0 Å². The minimum absolute atomic E-state index is 0.204. The molecular formula is C9H16O3. The molecule has 0 N–H and O–H groups in total. The second kappa shape index (κ2) is 5.30. The molecule has 1 heterocycles. The molecule has 0 amide bonds. The first-order chi connectivity index (χ1) is 5.86. The van der Waals surface area contributed by atoms with Gasteiger partial charge < -0.3 is 14.2 Å². The van der Waals surface area contributed by atoms with Crippen LogP contribution in [0.5, 0.6) is 0 Å². The molecule has 0 spiro atoms. The molecule has 0 radical (unpaired) electrons. The summed E-state index contributed by atoms with van der Waals surface area (Å²) < 4.78 is 15.3. The summed E-state index contributed by atoms with van der Waals surface area (Å²) >= 11 is 0. The van der Waals surface area contributed by atoms with Crippen LogP contribution in [0.1, 0.15) is 12.8 Å². The monoisotopic (exact) mass is 172 g/mol. The number of ether oxygens (including phenoxy) is 3. The van der Waals surface area contributed by atoms with E-state index in [-0.39, 0.29) is 6.10 Å². The van der Waals surface area contributed by atoms with Gasteiger partial charge in [0.25, 0.3) is 0 Å². The van der Waals surface area contributed by atoms with Gasteiger partial charge in [-0.05, 0) is 6.42 Å². The van der Waals surface area contributed by atoms with Crippen molar-refractivity contribution in [1.29, 1.82) is 0 Å². The summed E-state index contributed by atoms with van der Waals surface area (Å²) in [5.41, 5.74) is 0. The number of methoxy groups -OCH3 is 1. The topological polar surface area (TPSA) is 31.0 Å². The zero-order valence-corrected chi connectivity index (χ0v) is 7.49. The first kappa shape index (κ1) is 9.71. The third-order valence-corrected chi connectivity index (χ3v) is 1.78. The van der Waals surface area contributed by atoms with Crippen molar-refractivity contribution in [3.8, 4) is 0 Å². The van der Waals surface area contributed by atoms with E-state index in [9.17, 15) is 0 Å². The van der Waals surface area contributed by atoms with Crippen molar-refractivity contribution in [3.05, 3.63) is 12.7 Å². The molecule has 0 unspecified atom stereocenters. The maximum Gasteiger partial charge on any atom is 0.146 e.